The molecule has 0 saturated carbocycles. The number of unbranched alkanes of at least 4 members (excludes halogenated alkanes) is 1. The molecule has 2 aromatic carbocycles. The van der Waals surface area contributed by atoms with Crippen molar-refractivity contribution in [1.29, 1.82) is 0 Å². The van der Waals surface area contributed by atoms with E-state index in [-0.39, 0.29) is 5.54 Å². The summed E-state index contributed by atoms with van der Waals surface area (Å²) in [7, 11) is 2.13. The average Bonchev–Trinajstić information content (AvgIpc) is 2.95. The molecule has 0 amide bonds. The average molecular weight is 491 g/mol. The molecule has 33 heavy (non-hydrogen) atoms. The van der Waals surface area contributed by atoms with Gasteiger partial charge >= 0.3 is 5.97 Å². The van der Waals surface area contributed by atoms with Crippen molar-refractivity contribution >= 4 is 41.1 Å². The third-order valence-corrected chi connectivity index (χ3v) is 8.05. The highest BCUT2D eigenvalue weighted by Gasteiger charge is 2.39. The van der Waals surface area contributed by atoms with Crippen LogP contribution in [0.25, 0.3) is 0 Å². The summed E-state index contributed by atoms with van der Waals surface area (Å²) >= 11 is 3.14. The van der Waals surface area contributed by atoms with Crippen LogP contribution in [0.2, 0.25) is 0 Å². The van der Waals surface area contributed by atoms with Crippen molar-refractivity contribution in [3.8, 4) is 5.75 Å². The van der Waals surface area contributed by atoms with E-state index < -0.39 is 11.8 Å². The second-order valence-electron chi connectivity index (χ2n) is 8.05. The first-order valence-electron chi connectivity index (χ1n) is 11.1. The van der Waals surface area contributed by atoms with Crippen LogP contribution < -0.4 is 9.64 Å². The number of hydrogen-bond acceptors (Lipinski definition) is 6. The zero-order valence-corrected chi connectivity index (χ0v) is 21.1. The molecule has 0 radical (unpaired) electrons. The van der Waals surface area contributed by atoms with Crippen LogP contribution in [0.3, 0.4) is 0 Å². The van der Waals surface area contributed by atoms with E-state index in [0.29, 0.717) is 12.0 Å². The zero-order chi connectivity index (χ0) is 24.0. The van der Waals surface area contributed by atoms with Crippen LogP contribution in [0.15, 0.2) is 64.3 Å². The number of halogens is 1. The minimum absolute atomic E-state index is 0.0363. The van der Waals surface area contributed by atoms with Crippen molar-refractivity contribution in [3.63, 3.8) is 0 Å². The van der Waals surface area contributed by atoms with Gasteiger partial charge in [0.25, 0.3) is 0 Å². The number of nitrogens with zero attached hydrogens (tertiary/aromatic N) is 2. The molecule has 2 aromatic rings. The molecule has 0 spiro atoms. The molecule has 1 atom stereocenters. The number of carbonyl (C=O) groups is 1. The third-order valence-electron chi connectivity index (χ3n) is 6.11. The molecule has 0 unspecified atom stereocenters. The number of thioether (sulfide) groups is 1. The van der Waals surface area contributed by atoms with E-state index in [2.05, 4.69) is 48.3 Å². The van der Waals surface area contributed by atoms with Gasteiger partial charge in [0.05, 0.1) is 15.5 Å². The minimum Gasteiger partial charge on any atom is -0.476 e. The Bertz CT molecular complexity index is 1000. The largest absolute Gasteiger partial charge is 0.476 e. The van der Waals surface area contributed by atoms with Gasteiger partial charge in [-0.3, -0.25) is 0 Å². The van der Waals surface area contributed by atoms with Gasteiger partial charge in [0.1, 0.15) is 12.0 Å². The maximum atomic E-state index is 13.6. The van der Waals surface area contributed by atoms with Crippen LogP contribution in [0.1, 0.15) is 39.5 Å². The molecule has 1 aliphatic rings. The lowest BCUT2D eigenvalue weighted by atomic mass is 9.88. The third kappa shape index (κ3) is 5.67. The van der Waals surface area contributed by atoms with Crippen LogP contribution in [0, 0.1) is 0 Å². The van der Waals surface area contributed by atoms with E-state index in [1.54, 1.807) is 11.9 Å². The Morgan fingerprint density at radius 3 is 2.64 bits per heavy atom. The predicted molar refractivity (Wildman–Crippen MR) is 135 cm³/mol. The predicted octanol–water partition coefficient (Wildman–Crippen LogP) is 7.11. The van der Waals surface area contributed by atoms with Gasteiger partial charge in [0, 0.05) is 17.8 Å². The number of rotatable bonds is 9. The van der Waals surface area contributed by atoms with E-state index in [4.69, 9.17) is 9.84 Å². The van der Waals surface area contributed by atoms with Crippen LogP contribution >= 0.6 is 23.7 Å². The molecule has 0 saturated heterocycles. The maximum absolute atomic E-state index is 13.6. The highest BCUT2D eigenvalue weighted by molar-refractivity contribution is 7.98. The minimum atomic E-state index is -1.65. The summed E-state index contributed by atoms with van der Waals surface area (Å²) in [6.45, 7) is 5.30. The Morgan fingerprint density at radius 2 is 2.03 bits per heavy atom. The quantitative estimate of drug-likeness (QED) is 0.174. The molecule has 8 heteroatoms. The Morgan fingerprint density at radius 1 is 1.30 bits per heavy atom. The summed E-state index contributed by atoms with van der Waals surface area (Å²) in [6.07, 6.45) is 6.93. The SMILES string of the molecule is CCCC[C@@]1(CC)CN(c2ccccc2)c2cc(SC)c(O/C=C(\F)C(=O)O)cc2SN1C. The van der Waals surface area contributed by atoms with Crippen molar-refractivity contribution in [1.82, 2.24) is 4.31 Å². The lowest BCUT2D eigenvalue weighted by molar-refractivity contribution is -0.134. The van der Waals surface area contributed by atoms with Gasteiger partial charge in [0.2, 0.25) is 5.83 Å². The van der Waals surface area contributed by atoms with Crippen LogP contribution in [-0.2, 0) is 4.79 Å². The van der Waals surface area contributed by atoms with Crippen molar-refractivity contribution < 1.29 is 19.0 Å². The number of anilines is 2. The number of para-hydroxylation sites is 1. The summed E-state index contributed by atoms with van der Waals surface area (Å²) in [4.78, 5) is 15.0. The highest BCUT2D eigenvalue weighted by Crippen LogP contribution is 2.49. The van der Waals surface area contributed by atoms with E-state index >= 15 is 0 Å². The van der Waals surface area contributed by atoms with Gasteiger partial charge in [-0.15, -0.1) is 11.8 Å². The first kappa shape index (κ1) is 25.5. The van der Waals surface area contributed by atoms with Gasteiger partial charge in [-0.1, -0.05) is 44.9 Å². The molecule has 0 bridgehead atoms. The molecule has 5 nitrogen and oxygen atoms in total. The van der Waals surface area contributed by atoms with Gasteiger partial charge in [-0.25, -0.2) is 9.10 Å². The highest BCUT2D eigenvalue weighted by atomic mass is 32.2. The Balaban J connectivity index is 2.13. The van der Waals surface area contributed by atoms with Crippen molar-refractivity contribution in [2.45, 2.75) is 54.9 Å². The number of aliphatic carboxylic acids is 1. The second-order valence-corrected chi connectivity index (χ2v) is 10.1. The molecular formula is C25H31FN2O3S2. The van der Waals surface area contributed by atoms with E-state index in [0.717, 1.165) is 53.4 Å². The van der Waals surface area contributed by atoms with Crippen molar-refractivity contribution in [2.24, 2.45) is 0 Å². The lowest BCUT2D eigenvalue weighted by Crippen LogP contribution is -2.49. The smallest absolute Gasteiger partial charge is 0.368 e. The summed E-state index contributed by atoms with van der Waals surface area (Å²) < 4.78 is 21.4. The number of benzene rings is 2. The number of hydrogen-bond donors (Lipinski definition) is 1. The Kier molecular flexibility index (Phi) is 8.73. The fourth-order valence-corrected chi connectivity index (χ4v) is 5.77. The van der Waals surface area contributed by atoms with Crippen LogP contribution in [0.4, 0.5) is 15.8 Å². The maximum Gasteiger partial charge on any atom is 0.368 e. The fraction of sp³-hybridized carbons (Fsp3) is 0.400. The standard InChI is InChI=1S/C25H31FN2O3S2/c1-5-7-13-25(6-2)17-28(18-11-9-8-10-12-18)20-14-23(32-4)21(15-22(20)33-27(25)3)31-16-19(26)24(29)30/h8-12,14-16H,5-7,13,17H2,1-4H3,(H,29,30)/b19-16-/t25-/m0/s1. The monoisotopic (exact) mass is 490 g/mol. The molecule has 3 rings (SSSR count). The number of carboxylic acids is 1. The summed E-state index contributed by atoms with van der Waals surface area (Å²) in [5.41, 5.74) is 2.14. The zero-order valence-electron chi connectivity index (χ0n) is 19.5. The first-order chi connectivity index (χ1) is 15.8. The van der Waals surface area contributed by atoms with E-state index in [1.807, 2.05) is 30.5 Å². The van der Waals surface area contributed by atoms with E-state index in [9.17, 15) is 9.18 Å². The number of ether oxygens (including phenoxy) is 1. The van der Waals surface area contributed by atoms with Crippen molar-refractivity contribution in [2.75, 3.05) is 24.7 Å². The molecule has 1 heterocycles. The van der Waals surface area contributed by atoms with Crippen LogP contribution in [0.5, 0.6) is 5.75 Å². The van der Waals surface area contributed by atoms with Gasteiger partial charge in [-0.05, 0) is 62.4 Å². The van der Waals surface area contributed by atoms with Gasteiger partial charge in [0.15, 0.2) is 0 Å². The summed E-state index contributed by atoms with van der Waals surface area (Å²) in [6, 6.07) is 14.3. The van der Waals surface area contributed by atoms with E-state index in [1.165, 1.54) is 11.8 Å². The number of fused-ring (bicyclic) bond motifs is 1. The van der Waals surface area contributed by atoms with Crippen LogP contribution in [-0.4, -0.2) is 40.8 Å². The normalized spacial score (nSPS) is 19.2. The summed E-state index contributed by atoms with van der Waals surface area (Å²) in [5, 5.41) is 8.82. The van der Waals surface area contributed by atoms with Gasteiger partial charge in [-0.2, -0.15) is 4.39 Å². The molecular weight excluding hydrogens is 459 g/mol. The topological polar surface area (TPSA) is 53.0 Å². The molecule has 0 aliphatic carbocycles. The Hall–Kier alpha value is -2.16. The van der Waals surface area contributed by atoms with Crippen molar-refractivity contribution in [3.05, 3.63) is 54.6 Å². The summed E-state index contributed by atoms with van der Waals surface area (Å²) in [5.74, 6) is -2.55. The second kappa shape index (κ2) is 11.3. The number of likely N-dealkylation sites (N-methyl/N-ethyl adjacent to an activating group) is 1. The molecule has 1 N–H and O–H groups in total. The molecule has 178 valence electrons. The fourth-order valence-electron chi connectivity index (χ4n) is 4.05. The molecule has 1 aliphatic heterocycles. The Labute approximate surface area is 204 Å². The van der Waals surface area contributed by atoms with Gasteiger partial charge < -0.3 is 14.7 Å². The first-order valence-corrected chi connectivity index (χ1v) is 13.1. The lowest BCUT2D eigenvalue weighted by Gasteiger charge is -2.42. The molecule has 0 fully saturated rings. The molecule has 0 aromatic heterocycles. The number of carboxylic acid groups (broad SMARTS) is 1.